The average Bonchev–Trinajstić information content (AvgIpc) is 2.95. The van der Waals surface area contributed by atoms with Crippen molar-refractivity contribution in [3.05, 3.63) is 72.3 Å². The molecule has 1 fully saturated rings. The van der Waals surface area contributed by atoms with E-state index in [4.69, 9.17) is 18.9 Å². The third-order valence-electron chi connectivity index (χ3n) is 6.16. The number of hydrogen-bond acceptors (Lipinski definition) is 6. The lowest BCUT2D eigenvalue weighted by Gasteiger charge is -2.34. The Labute approximate surface area is 210 Å². The van der Waals surface area contributed by atoms with E-state index >= 15 is 0 Å². The van der Waals surface area contributed by atoms with Crippen molar-refractivity contribution in [1.29, 1.82) is 0 Å². The second-order valence-electron chi connectivity index (χ2n) is 8.27. The minimum absolute atomic E-state index is 0.0501. The highest BCUT2D eigenvalue weighted by Crippen LogP contribution is 2.38. The van der Waals surface area contributed by atoms with Crippen molar-refractivity contribution in [3.8, 4) is 34.1 Å². The molecule has 1 saturated heterocycles. The van der Waals surface area contributed by atoms with Crippen LogP contribution in [0, 0.1) is 0 Å². The fourth-order valence-electron chi connectivity index (χ4n) is 4.16. The fourth-order valence-corrected chi connectivity index (χ4v) is 4.16. The van der Waals surface area contributed by atoms with E-state index in [1.54, 1.807) is 21.9 Å². The van der Waals surface area contributed by atoms with Crippen molar-refractivity contribution in [2.45, 2.75) is 0 Å². The summed E-state index contributed by atoms with van der Waals surface area (Å²) >= 11 is 0. The van der Waals surface area contributed by atoms with Crippen LogP contribution in [0.25, 0.3) is 11.1 Å². The predicted octanol–water partition coefficient (Wildman–Crippen LogP) is 3.74. The molecule has 2 amide bonds. The van der Waals surface area contributed by atoms with Crippen LogP contribution in [-0.2, 0) is 4.79 Å². The molecule has 8 heteroatoms. The Morgan fingerprint density at radius 2 is 1.28 bits per heavy atom. The molecule has 188 valence electrons. The minimum atomic E-state index is -0.156. The molecule has 0 spiro atoms. The number of hydrogen-bond donors (Lipinski definition) is 0. The molecule has 0 bridgehead atoms. The Hall–Kier alpha value is -4.20. The molecule has 0 atom stereocenters. The van der Waals surface area contributed by atoms with Crippen LogP contribution in [0.3, 0.4) is 0 Å². The standard InChI is InChI=1S/C28H30N2O6/c1-33-24-17-22(18-25(34-2)27(24)35-3)28(32)30-15-13-29(14-16-30)26(31)19-36-23-11-9-21(10-12-23)20-7-5-4-6-8-20/h4-12,17-18H,13-16,19H2,1-3H3. The van der Waals surface area contributed by atoms with Crippen LogP contribution in [-0.4, -0.2) is 75.7 Å². The maximum Gasteiger partial charge on any atom is 0.260 e. The molecule has 0 aromatic heterocycles. The highest BCUT2D eigenvalue weighted by atomic mass is 16.5. The molecular weight excluding hydrogens is 460 g/mol. The van der Waals surface area contributed by atoms with E-state index < -0.39 is 0 Å². The lowest BCUT2D eigenvalue weighted by molar-refractivity contribution is -0.134. The zero-order valence-electron chi connectivity index (χ0n) is 20.7. The monoisotopic (exact) mass is 490 g/mol. The maximum absolute atomic E-state index is 13.1. The smallest absolute Gasteiger partial charge is 0.260 e. The van der Waals surface area contributed by atoms with Crippen molar-refractivity contribution < 1.29 is 28.5 Å². The molecular formula is C28H30N2O6. The van der Waals surface area contributed by atoms with Gasteiger partial charge in [-0.15, -0.1) is 0 Å². The van der Waals surface area contributed by atoms with Crippen molar-refractivity contribution in [1.82, 2.24) is 9.80 Å². The van der Waals surface area contributed by atoms with Gasteiger partial charge in [-0.2, -0.15) is 0 Å². The van der Waals surface area contributed by atoms with Crippen molar-refractivity contribution in [3.63, 3.8) is 0 Å². The molecule has 1 heterocycles. The van der Waals surface area contributed by atoms with Crippen LogP contribution < -0.4 is 18.9 Å². The lowest BCUT2D eigenvalue weighted by atomic mass is 10.1. The van der Waals surface area contributed by atoms with Gasteiger partial charge in [0.25, 0.3) is 11.8 Å². The maximum atomic E-state index is 13.1. The molecule has 8 nitrogen and oxygen atoms in total. The van der Waals surface area contributed by atoms with E-state index in [1.165, 1.54) is 21.3 Å². The van der Waals surface area contributed by atoms with Crippen molar-refractivity contribution >= 4 is 11.8 Å². The van der Waals surface area contributed by atoms with E-state index in [1.807, 2.05) is 54.6 Å². The van der Waals surface area contributed by atoms with E-state index in [0.717, 1.165) is 11.1 Å². The normalized spacial score (nSPS) is 13.2. The van der Waals surface area contributed by atoms with Gasteiger partial charge in [-0.3, -0.25) is 9.59 Å². The van der Waals surface area contributed by atoms with Crippen LogP contribution in [0.15, 0.2) is 66.7 Å². The molecule has 0 radical (unpaired) electrons. The summed E-state index contributed by atoms with van der Waals surface area (Å²) < 4.78 is 21.8. The lowest BCUT2D eigenvalue weighted by Crippen LogP contribution is -2.51. The SMILES string of the molecule is COc1cc(C(=O)N2CCN(C(=O)COc3ccc(-c4ccccc4)cc3)CC2)cc(OC)c1OC. The number of carbonyl (C=O) groups excluding carboxylic acids is 2. The summed E-state index contributed by atoms with van der Waals surface area (Å²) in [6.45, 7) is 1.67. The van der Waals surface area contributed by atoms with E-state index in [-0.39, 0.29) is 18.4 Å². The quantitative estimate of drug-likeness (QED) is 0.479. The van der Waals surface area contributed by atoms with Gasteiger partial charge in [0.15, 0.2) is 18.1 Å². The summed E-state index contributed by atoms with van der Waals surface area (Å²) in [5.74, 6) is 1.64. The summed E-state index contributed by atoms with van der Waals surface area (Å²) in [4.78, 5) is 29.2. The first-order chi connectivity index (χ1) is 17.5. The molecule has 0 saturated carbocycles. The Bertz CT molecular complexity index is 1160. The second kappa shape index (κ2) is 11.5. The molecule has 0 unspecified atom stereocenters. The molecule has 1 aliphatic heterocycles. The first-order valence-corrected chi connectivity index (χ1v) is 11.7. The van der Waals surface area contributed by atoms with Gasteiger partial charge in [0.05, 0.1) is 21.3 Å². The molecule has 4 rings (SSSR count). The number of benzene rings is 3. The number of amides is 2. The number of methoxy groups -OCH3 is 3. The first kappa shape index (κ1) is 24.9. The Morgan fingerprint density at radius 1 is 0.722 bits per heavy atom. The van der Waals surface area contributed by atoms with Gasteiger partial charge >= 0.3 is 0 Å². The zero-order chi connectivity index (χ0) is 25.5. The molecule has 0 N–H and O–H groups in total. The number of rotatable bonds is 8. The largest absolute Gasteiger partial charge is 0.493 e. The number of nitrogens with zero attached hydrogens (tertiary/aromatic N) is 2. The van der Waals surface area contributed by atoms with Gasteiger partial charge in [0.1, 0.15) is 5.75 Å². The summed E-state index contributed by atoms with van der Waals surface area (Å²) in [5.41, 5.74) is 2.65. The van der Waals surface area contributed by atoms with Gasteiger partial charge in [0, 0.05) is 31.7 Å². The van der Waals surface area contributed by atoms with Gasteiger partial charge in [-0.1, -0.05) is 42.5 Å². The van der Waals surface area contributed by atoms with Crippen molar-refractivity contribution in [2.24, 2.45) is 0 Å². The summed E-state index contributed by atoms with van der Waals surface area (Å²) in [5, 5.41) is 0. The first-order valence-electron chi connectivity index (χ1n) is 11.7. The number of carbonyl (C=O) groups is 2. The average molecular weight is 491 g/mol. The van der Waals surface area contributed by atoms with Gasteiger partial charge in [-0.05, 0) is 35.4 Å². The van der Waals surface area contributed by atoms with Crippen molar-refractivity contribution in [2.75, 3.05) is 54.1 Å². The van der Waals surface area contributed by atoms with Crippen LogP contribution in [0.2, 0.25) is 0 Å². The highest BCUT2D eigenvalue weighted by molar-refractivity contribution is 5.96. The van der Waals surface area contributed by atoms with Crippen LogP contribution in [0.4, 0.5) is 0 Å². The van der Waals surface area contributed by atoms with Gasteiger partial charge in [0.2, 0.25) is 5.75 Å². The fraction of sp³-hybridized carbons (Fsp3) is 0.286. The summed E-state index contributed by atoms with van der Waals surface area (Å²) in [7, 11) is 4.53. The van der Waals surface area contributed by atoms with Crippen LogP contribution >= 0.6 is 0 Å². The molecule has 3 aromatic carbocycles. The van der Waals surface area contributed by atoms with E-state index in [9.17, 15) is 9.59 Å². The summed E-state index contributed by atoms with van der Waals surface area (Å²) in [6, 6.07) is 21.0. The third-order valence-corrected chi connectivity index (χ3v) is 6.16. The molecule has 1 aliphatic rings. The second-order valence-corrected chi connectivity index (χ2v) is 8.27. The van der Waals surface area contributed by atoms with Gasteiger partial charge < -0.3 is 28.7 Å². The Balaban J connectivity index is 1.30. The number of ether oxygens (including phenoxy) is 4. The third kappa shape index (κ3) is 5.54. The van der Waals surface area contributed by atoms with Crippen LogP contribution in [0.5, 0.6) is 23.0 Å². The molecule has 0 aliphatic carbocycles. The van der Waals surface area contributed by atoms with E-state index in [2.05, 4.69) is 0 Å². The minimum Gasteiger partial charge on any atom is -0.493 e. The predicted molar refractivity (Wildman–Crippen MR) is 136 cm³/mol. The molecule has 36 heavy (non-hydrogen) atoms. The summed E-state index contributed by atoms with van der Waals surface area (Å²) in [6.07, 6.45) is 0. The van der Waals surface area contributed by atoms with E-state index in [0.29, 0.717) is 54.7 Å². The van der Waals surface area contributed by atoms with Crippen LogP contribution in [0.1, 0.15) is 10.4 Å². The Morgan fingerprint density at radius 3 is 1.83 bits per heavy atom. The zero-order valence-corrected chi connectivity index (χ0v) is 20.7. The molecule has 3 aromatic rings. The number of piperazine rings is 1. The highest BCUT2D eigenvalue weighted by Gasteiger charge is 2.26. The Kier molecular flexibility index (Phi) is 7.95. The van der Waals surface area contributed by atoms with Gasteiger partial charge in [-0.25, -0.2) is 0 Å². The topological polar surface area (TPSA) is 77.5 Å².